The maximum absolute atomic E-state index is 12.8. The van der Waals surface area contributed by atoms with Crippen LogP contribution in [0.25, 0.3) is 0 Å². The molecule has 7 nitrogen and oxygen atoms in total. The van der Waals surface area contributed by atoms with Gasteiger partial charge in [0.15, 0.2) is 0 Å². The summed E-state index contributed by atoms with van der Waals surface area (Å²) >= 11 is 0. The van der Waals surface area contributed by atoms with Gasteiger partial charge in [-0.3, -0.25) is 9.40 Å². The summed E-state index contributed by atoms with van der Waals surface area (Å²) in [5, 5.41) is 4.49. The van der Waals surface area contributed by atoms with Crippen LogP contribution in [0.4, 0.5) is 5.69 Å². The van der Waals surface area contributed by atoms with E-state index in [-0.39, 0.29) is 17.0 Å². The molecule has 1 aliphatic heterocycles. The highest BCUT2D eigenvalue weighted by atomic mass is 32.2. The lowest BCUT2D eigenvalue weighted by Crippen LogP contribution is -2.20. The molecule has 0 spiro atoms. The number of nitrogens with zero attached hydrogens (tertiary/aromatic N) is 2. The predicted molar refractivity (Wildman–Crippen MR) is 104 cm³/mol. The molecule has 1 N–H and O–H groups in total. The average molecular weight is 394 g/mol. The van der Waals surface area contributed by atoms with E-state index in [0.29, 0.717) is 30.3 Å². The maximum atomic E-state index is 12.8. The first-order valence-electron chi connectivity index (χ1n) is 9.32. The second-order valence-corrected chi connectivity index (χ2v) is 8.55. The van der Waals surface area contributed by atoms with Crippen LogP contribution in [-0.4, -0.2) is 37.5 Å². The van der Waals surface area contributed by atoms with Crippen molar-refractivity contribution in [3.8, 4) is 5.75 Å². The van der Waals surface area contributed by atoms with Gasteiger partial charge in [-0.25, -0.2) is 8.42 Å². The van der Waals surface area contributed by atoms with Crippen LogP contribution >= 0.6 is 0 Å². The van der Waals surface area contributed by atoms with Crippen LogP contribution in [0.3, 0.4) is 0 Å². The van der Waals surface area contributed by atoms with E-state index in [1.807, 2.05) is 18.5 Å². The summed E-state index contributed by atoms with van der Waals surface area (Å²) in [6.45, 7) is 7.18. The molecule has 0 amide bonds. The fraction of sp³-hybridized carbons (Fsp3) is 0.526. The molecule has 2 aromatic rings. The number of hydrogen-bond acceptors (Lipinski definition) is 5. The second-order valence-electron chi connectivity index (χ2n) is 6.87. The van der Waals surface area contributed by atoms with Crippen LogP contribution in [0.2, 0.25) is 0 Å². The molecular formula is C19H27N3O4S. The van der Waals surface area contributed by atoms with Gasteiger partial charge >= 0.3 is 0 Å². The molecule has 3 rings (SSSR count). The van der Waals surface area contributed by atoms with Crippen molar-refractivity contribution in [2.45, 2.75) is 57.1 Å². The van der Waals surface area contributed by atoms with E-state index in [2.05, 4.69) is 9.82 Å². The Kier molecular flexibility index (Phi) is 6.06. The Morgan fingerprint density at radius 1 is 1.37 bits per heavy atom. The van der Waals surface area contributed by atoms with Crippen LogP contribution < -0.4 is 9.46 Å². The van der Waals surface area contributed by atoms with Crippen LogP contribution in [0.5, 0.6) is 5.75 Å². The van der Waals surface area contributed by atoms with Crippen molar-refractivity contribution in [2.75, 3.05) is 17.9 Å². The van der Waals surface area contributed by atoms with Crippen molar-refractivity contribution in [2.24, 2.45) is 0 Å². The molecule has 0 radical (unpaired) electrons. The monoisotopic (exact) mass is 393 g/mol. The van der Waals surface area contributed by atoms with Gasteiger partial charge in [-0.15, -0.1) is 0 Å². The van der Waals surface area contributed by atoms with Gasteiger partial charge in [0.25, 0.3) is 10.0 Å². The Labute approximate surface area is 160 Å². The Hall–Kier alpha value is -2.06. The van der Waals surface area contributed by atoms with Crippen molar-refractivity contribution in [1.82, 2.24) is 9.78 Å². The smallest absolute Gasteiger partial charge is 0.262 e. The molecule has 1 unspecified atom stereocenters. The lowest BCUT2D eigenvalue weighted by Gasteiger charge is -2.22. The molecule has 0 saturated carbocycles. The van der Waals surface area contributed by atoms with Crippen LogP contribution in [0, 0.1) is 6.92 Å². The standard InChI is InChI=1S/C19H27N3O4S/c1-4-14(2)26-17-6-5-7-18(12-17)27(23,24)21-19-13-22(20-15(19)3)16-8-10-25-11-9-16/h5-7,12-14,16,21H,4,8-11H2,1-3H3. The molecule has 0 aliphatic carbocycles. The van der Waals surface area contributed by atoms with Crippen molar-refractivity contribution in [3.05, 3.63) is 36.2 Å². The van der Waals surface area contributed by atoms with Gasteiger partial charge in [0.05, 0.1) is 28.4 Å². The van der Waals surface area contributed by atoms with E-state index < -0.39 is 10.0 Å². The van der Waals surface area contributed by atoms with Gasteiger partial charge < -0.3 is 9.47 Å². The van der Waals surface area contributed by atoms with E-state index in [0.717, 1.165) is 19.3 Å². The summed E-state index contributed by atoms with van der Waals surface area (Å²) in [6.07, 6.45) is 4.39. The van der Waals surface area contributed by atoms with Crippen LogP contribution in [0.1, 0.15) is 44.8 Å². The molecule has 27 heavy (non-hydrogen) atoms. The second kappa shape index (κ2) is 8.31. The SMILES string of the molecule is CCC(C)Oc1cccc(S(=O)(=O)Nc2cn(C3CCOCC3)nc2C)c1. The quantitative estimate of drug-likeness (QED) is 0.778. The maximum Gasteiger partial charge on any atom is 0.262 e. The highest BCUT2D eigenvalue weighted by molar-refractivity contribution is 7.92. The zero-order chi connectivity index (χ0) is 19.4. The van der Waals surface area contributed by atoms with Crippen molar-refractivity contribution < 1.29 is 17.9 Å². The molecule has 2 heterocycles. The third-order valence-corrected chi connectivity index (χ3v) is 6.12. The molecular weight excluding hydrogens is 366 g/mol. The van der Waals surface area contributed by atoms with Gasteiger partial charge in [-0.05, 0) is 45.2 Å². The molecule has 1 atom stereocenters. The van der Waals surface area contributed by atoms with E-state index in [1.165, 1.54) is 0 Å². The summed E-state index contributed by atoms with van der Waals surface area (Å²) < 4.78 is 41.3. The minimum absolute atomic E-state index is 0.0239. The van der Waals surface area contributed by atoms with Gasteiger partial charge in [0.1, 0.15) is 5.75 Å². The topological polar surface area (TPSA) is 82.5 Å². The average Bonchev–Trinajstić information content (AvgIpc) is 3.02. The molecule has 148 valence electrons. The van der Waals surface area contributed by atoms with Crippen LogP contribution in [-0.2, 0) is 14.8 Å². The number of ether oxygens (including phenoxy) is 2. The van der Waals surface area contributed by atoms with Crippen molar-refractivity contribution in [1.29, 1.82) is 0 Å². The number of anilines is 1. The first-order valence-corrected chi connectivity index (χ1v) is 10.8. The summed E-state index contributed by atoms with van der Waals surface area (Å²) in [4.78, 5) is 0.168. The van der Waals surface area contributed by atoms with Crippen LogP contribution in [0.15, 0.2) is 35.4 Å². The van der Waals surface area contributed by atoms with Gasteiger partial charge in [-0.2, -0.15) is 5.10 Å². The minimum atomic E-state index is -3.73. The first kappa shape index (κ1) is 19.7. The number of benzene rings is 1. The zero-order valence-corrected chi connectivity index (χ0v) is 16.8. The van der Waals surface area contributed by atoms with E-state index >= 15 is 0 Å². The Balaban J connectivity index is 1.78. The largest absolute Gasteiger partial charge is 0.491 e. The summed E-state index contributed by atoms with van der Waals surface area (Å²) in [5.74, 6) is 0.543. The summed E-state index contributed by atoms with van der Waals surface area (Å²) in [6, 6.07) is 6.80. The van der Waals surface area contributed by atoms with Gasteiger partial charge in [-0.1, -0.05) is 13.0 Å². The van der Waals surface area contributed by atoms with Crippen molar-refractivity contribution >= 4 is 15.7 Å². The van der Waals surface area contributed by atoms with Gasteiger partial charge in [0.2, 0.25) is 0 Å². The van der Waals surface area contributed by atoms with E-state index in [1.54, 1.807) is 37.4 Å². The fourth-order valence-corrected chi connectivity index (χ4v) is 4.09. The Bertz CT molecular complexity index is 873. The number of nitrogens with one attached hydrogen (secondary N) is 1. The zero-order valence-electron chi connectivity index (χ0n) is 16.0. The molecule has 0 bridgehead atoms. The number of hydrogen-bond donors (Lipinski definition) is 1. The molecule has 1 aromatic heterocycles. The predicted octanol–water partition coefficient (Wildman–Crippen LogP) is 3.52. The van der Waals surface area contributed by atoms with E-state index in [9.17, 15) is 8.42 Å². The molecule has 1 fully saturated rings. The third kappa shape index (κ3) is 4.81. The number of sulfonamides is 1. The molecule has 1 aliphatic rings. The fourth-order valence-electron chi connectivity index (χ4n) is 2.95. The normalized spacial score (nSPS) is 16.9. The Morgan fingerprint density at radius 3 is 2.81 bits per heavy atom. The number of aryl methyl sites for hydroxylation is 1. The molecule has 1 aromatic carbocycles. The molecule has 1 saturated heterocycles. The number of aromatic nitrogens is 2. The summed E-state index contributed by atoms with van der Waals surface area (Å²) in [5.41, 5.74) is 1.15. The highest BCUT2D eigenvalue weighted by Crippen LogP contribution is 2.26. The third-order valence-electron chi connectivity index (χ3n) is 4.75. The number of rotatable bonds is 7. The van der Waals surface area contributed by atoms with E-state index in [4.69, 9.17) is 9.47 Å². The molecule has 8 heteroatoms. The van der Waals surface area contributed by atoms with Crippen molar-refractivity contribution in [3.63, 3.8) is 0 Å². The summed E-state index contributed by atoms with van der Waals surface area (Å²) in [7, 11) is -3.73. The van der Waals surface area contributed by atoms with Gasteiger partial charge in [0, 0.05) is 25.5 Å². The first-order chi connectivity index (χ1) is 12.9. The lowest BCUT2D eigenvalue weighted by atomic mass is 10.1. The Morgan fingerprint density at radius 2 is 2.11 bits per heavy atom. The highest BCUT2D eigenvalue weighted by Gasteiger charge is 2.21. The minimum Gasteiger partial charge on any atom is -0.491 e. The lowest BCUT2D eigenvalue weighted by molar-refractivity contribution is 0.0662.